The highest BCUT2D eigenvalue weighted by Gasteiger charge is 2.28. The SMILES string of the molecule is C1=CC2NC(Nc3ccc4ccccc4c3-c3ccc(-c4ccccc4)cc3)=C(c3ccccc3)NC2C=C1. The highest BCUT2D eigenvalue weighted by Crippen LogP contribution is 2.38. The van der Waals surface area contributed by atoms with Crippen molar-refractivity contribution in [1.82, 2.24) is 10.6 Å². The second-order valence-corrected chi connectivity index (χ2v) is 10.0. The summed E-state index contributed by atoms with van der Waals surface area (Å²) in [4.78, 5) is 0. The largest absolute Gasteiger partial charge is 0.373 e. The van der Waals surface area contributed by atoms with Gasteiger partial charge in [0.1, 0.15) is 5.82 Å². The predicted molar refractivity (Wildman–Crippen MR) is 164 cm³/mol. The molecule has 2 aliphatic rings. The molecule has 1 heterocycles. The fourth-order valence-electron chi connectivity index (χ4n) is 5.57. The number of rotatable bonds is 5. The standard InChI is InChI=1S/C36H29N3/c1-3-11-25(12-4-1)26-19-21-28(22-20-26)34-30-16-8-7-13-27(30)23-24-33(34)39-36-35(29-14-5-2-6-15-29)37-31-17-9-10-18-32(31)38-36/h1-24,31-32,37-39H. The lowest BCUT2D eigenvalue weighted by Gasteiger charge is -2.36. The lowest BCUT2D eigenvalue weighted by Crippen LogP contribution is -2.52. The van der Waals surface area contributed by atoms with Crippen LogP contribution in [-0.4, -0.2) is 12.1 Å². The number of hydrogen-bond donors (Lipinski definition) is 3. The van der Waals surface area contributed by atoms with Crippen molar-refractivity contribution >= 4 is 22.2 Å². The molecule has 0 saturated carbocycles. The average molecular weight is 504 g/mol. The van der Waals surface area contributed by atoms with Gasteiger partial charge in [0, 0.05) is 16.8 Å². The molecular weight excluding hydrogens is 474 g/mol. The second kappa shape index (κ2) is 10.0. The van der Waals surface area contributed by atoms with Gasteiger partial charge in [-0.15, -0.1) is 0 Å². The van der Waals surface area contributed by atoms with E-state index in [1.54, 1.807) is 0 Å². The first-order valence-corrected chi connectivity index (χ1v) is 13.5. The van der Waals surface area contributed by atoms with Crippen molar-refractivity contribution in [3.05, 3.63) is 157 Å². The van der Waals surface area contributed by atoms with Crippen molar-refractivity contribution < 1.29 is 0 Å². The van der Waals surface area contributed by atoms with Gasteiger partial charge in [0.15, 0.2) is 0 Å². The Kier molecular flexibility index (Phi) is 5.95. The molecule has 5 aromatic carbocycles. The summed E-state index contributed by atoms with van der Waals surface area (Å²) in [5.74, 6) is 0.972. The van der Waals surface area contributed by atoms with Gasteiger partial charge in [0.2, 0.25) is 0 Å². The predicted octanol–water partition coefficient (Wildman–Crippen LogP) is 7.97. The van der Waals surface area contributed by atoms with Crippen molar-refractivity contribution in [3.8, 4) is 22.3 Å². The highest BCUT2D eigenvalue weighted by atomic mass is 15.2. The van der Waals surface area contributed by atoms with E-state index in [1.807, 2.05) is 0 Å². The van der Waals surface area contributed by atoms with E-state index < -0.39 is 0 Å². The topological polar surface area (TPSA) is 36.1 Å². The summed E-state index contributed by atoms with van der Waals surface area (Å²) < 4.78 is 0. The van der Waals surface area contributed by atoms with Gasteiger partial charge in [-0.1, -0.05) is 140 Å². The molecule has 0 bridgehead atoms. The fraction of sp³-hybridized carbons (Fsp3) is 0.0556. The number of allylic oxidation sites excluding steroid dienone is 2. The minimum Gasteiger partial charge on any atom is -0.373 e. The van der Waals surface area contributed by atoms with Gasteiger partial charge >= 0.3 is 0 Å². The zero-order valence-corrected chi connectivity index (χ0v) is 21.5. The number of nitrogens with one attached hydrogen (secondary N) is 3. The molecule has 5 aromatic rings. The van der Waals surface area contributed by atoms with Crippen LogP contribution in [-0.2, 0) is 0 Å². The van der Waals surface area contributed by atoms with Crippen molar-refractivity contribution in [2.24, 2.45) is 0 Å². The zero-order valence-electron chi connectivity index (χ0n) is 21.5. The van der Waals surface area contributed by atoms with Gasteiger partial charge in [-0.3, -0.25) is 0 Å². The molecule has 0 amide bonds. The molecule has 3 N–H and O–H groups in total. The van der Waals surface area contributed by atoms with E-state index in [-0.39, 0.29) is 12.1 Å². The molecule has 39 heavy (non-hydrogen) atoms. The maximum Gasteiger partial charge on any atom is 0.128 e. The van der Waals surface area contributed by atoms with E-state index >= 15 is 0 Å². The Hall–Kier alpha value is -5.02. The third-order valence-electron chi connectivity index (χ3n) is 7.54. The molecule has 0 spiro atoms. The maximum atomic E-state index is 3.82. The van der Waals surface area contributed by atoms with E-state index in [0.29, 0.717) is 0 Å². The van der Waals surface area contributed by atoms with Crippen LogP contribution in [0.15, 0.2) is 151 Å². The smallest absolute Gasteiger partial charge is 0.128 e. The summed E-state index contributed by atoms with van der Waals surface area (Å²) >= 11 is 0. The molecule has 7 rings (SSSR count). The molecule has 188 valence electrons. The number of hydrogen-bond acceptors (Lipinski definition) is 3. The molecule has 0 fully saturated rings. The molecule has 3 heteroatoms. The molecular formula is C36H29N3. The van der Waals surface area contributed by atoms with Crippen LogP contribution in [0.4, 0.5) is 5.69 Å². The highest BCUT2D eigenvalue weighted by molar-refractivity contribution is 6.03. The second-order valence-electron chi connectivity index (χ2n) is 10.0. The van der Waals surface area contributed by atoms with Crippen molar-refractivity contribution in [3.63, 3.8) is 0 Å². The van der Waals surface area contributed by atoms with Crippen molar-refractivity contribution in [2.45, 2.75) is 12.1 Å². The summed E-state index contributed by atoms with van der Waals surface area (Å²) in [6.07, 6.45) is 8.64. The molecule has 0 saturated heterocycles. The quantitative estimate of drug-likeness (QED) is 0.228. The molecule has 2 atom stereocenters. The average Bonchev–Trinajstić information content (AvgIpc) is 3.01. The van der Waals surface area contributed by atoms with Crippen molar-refractivity contribution in [2.75, 3.05) is 5.32 Å². The Balaban J connectivity index is 1.35. The Morgan fingerprint density at radius 1 is 0.487 bits per heavy atom. The first kappa shape index (κ1) is 23.1. The van der Waals surface area contributed by atoms with Crippen LogP contribution in [0.2, 0.25) is 0 Å². The Labute approximate surface area is 229 Å². The normalized spacial score (nSPS) is 17.8. The summed E-state index contributed by atoms with van der Waals surface area (Å²) in [5, 5.41) is 13.8. The minimum atomic E-state index is 0.166. The van der Waals surface area contributed by atoms with Gasteiger partial charge in [-0.05, 0) is 33.5 Å². The van der Waals surface area contributed by atoms with E-state index in [9.17, 15) is 0 Å². The fourth-order valence-corrected chi connectivity index (χ4v) is 5.57. The van der Waals surface area contributed by atoms with Crippen LogP contribution < -0.4 is 16.0 Å². The van der Waals surface area contributed by atoms with Gasteiger partial charge in [-0.2, -0.15) is 0 Å². The van der Waals surface area contributed by atoms with E-state index in [0.717, 1.165) is 22.8 Å². The van der Waals surface area contributed by atoms with Gasteiger partial charge in [0.05, 0.1) is 17.8 Å². The van der Waals surface area contributed by atoms with E-state index in [1.165, 1.54) is 33.0 Å². The Morgan fingerprint density at radius 2 is 1.08 bits per heavy atom. The molecule has 0 radical (unpaired) electrons. The lowest BCUT2D eigenvalue weighted by atomic mass is 9.94. The molecule has 1 aliphatic carbocycles. The maximum absolute atomic E-state index is 3.82. The van der Waals surface area contributed by atoms with Crippen LogP contribution in [0.5, 0.6) is 0 Å². The third kappa shape index (κ3) is 4.49. The first-order valence-electron chi connectivity index (χ1n) is 13.5. The molecule has 0 aromatic heterocycles. The number of benzene rings is 5. The lowest BCUT2D eigenvalue weighted by molar-refractivity contribution is 0.526. The number of anilines is 1. The van der Waals surface area contributed by atoms with Crippen LogP contribution >= 0.6 is 0 Å². The summed E-state index contributed by atoms with van der Waals surface area (Å²) in [6.45, 7) is 0. The van der Waals surface area contributed by atoms with Crippen molar-refractivity contribution in [1.29, 1.82) is 0 Å². The molecule has 1 aliphatic heterocycles. The van der Waals surface area contributed by atoms with Crippen LogP contribution in [0.1, 0.15) is 5.56 Å². The Morgan fingerprint density at radius 3 is 1.82 bits per heavy atom. The third-order valence-corrected chi connectivity index (χ3v) is 7.54. The number of fused-ring (bicyclic) bond motifs is 2. The van der Waals surface area contributed by atoms with Gasteiger partial charge in [0.25, 0.3) is 0 Å². The zero-order chi connectivity index (χ0) is 26.0. The van der Waals surface area contributed by atoms with Gasteiger partial charge < -0.3 is 16.0 Å². The molecule has 3 nitrogen and oxygen atoms in total. The van der Waals surface area contributed by atoms with Gasteiger partial charge in [-0.25, -0.2) is 0 Å². The summed E-state index contributed by atoms with van der Waals surface area (Å²) in [6, 6.07) is 43.3. The van der Waals surface area contributed by atoms with E-state index in [4.69, 9.17) is 0 Å². The van der Waals surface area contributed by atoms with Crippen LogP contribution in [0, 0.1) is 0 Å². The summed E-state index contributed by atoms with van der Waals surface area (Å²) in [7, 11) is 0. The van der Waals surface area contributed by atoms with Crippen LogP contribution in [0.25, 0.3) is 38.7 Å². The minimum absolute atomic E-state index is 0.166. The summed E-state index contributed by atoms with van der Waals surface area (Å²) in [5.41, 5.74) is 8.07. The Bertz CT molecular complexity index is 1710. The molecule has 2 unspecified atom stereocenters. The van der Waals surface area contributed by atoms with Crippen LogP contribution in [0.3, 0.4) is 0 Å². The monoisotopic (exact) mass is 503 g/mol. The van der Waals surface area contributed by atoms with E-state index in [2.05, 4.69) is 162 Å². The first-order chi connectivity index (χ1) is 19.3.